The maximum absolute atomic E-state index is 14.0. The number of carbonyl (C=O) groups excluding carboxylic acids is 4. The zero-order chi connectivity index (χ0) is 29.3. The number of nitrogens with zero attached hydrogens (tertiary/aromatic N) is 3. The Balaban J connectivity index is 1.32. The van der Waals surface area contributed by atoms with Crippen LogP contribution < -0.4 is 10.6 Å². The van der Waals surface area contributed by atoms with E-state index < -0.39 is 6.04 Å². The van der Waals surface area contributed by atoms with Gasteiger partial charge in [0.2, 0.25) is 23.6 Å². The maximum atomic E-state index is 14.0. The van der Waals surface area contributed by atoms with Crippen molar-refractivity contribution in [3.8, 4) is 0 Å². The minimum absolute atomic E-state index is 0.0317. The highest BCUT2D eigenvalue weighted by atomic mass is 16.5. The lowest BCUT2D eigenvalue weighted by molar-refractivity contribution is -0.144. The molecule has 0 saturated carbocycles. The van der Waals surface area contributed by atoms with E-state index in [9.17, 15) is 19.2 Å². The molecule has 2 bridgehead atoms. The SMILES string of the molecule is O=C1NCCOCCOCC(=O)N2CC[C@@H](CC(=O)N3CCOCC3)[C@@H](CC(=O)N3CC[C@@H](NC4CCOCC4)[C@@H]13)C2. The molecule has 5 saturated heterocycles. The summed E-state index contributed by atoms with van der Waals surface area (Å²) in [6.45, 7) is 6.17. The van der Waals surface area contributed by atoms with Crippen LogP contribution in [0.5, 0.6) is 0 Å². The van der Waals surface area contributed by atoms with Gasteiger partial charge in [-0.05, 0) is 37.5 Å². The first-order valence-electron chi connectivity index (χ1n) is 15.7. The van der Waals surface area contributed by atoms with E-state index in [0.717, 1.165) is 12.8 Å². The van der Waals surface area contributed by atoms with Crippen molar-refractivity contribution in [2.45, 2.75) is 56.7 Å². The summed E-state index contributed by atoms with van der Waals surface area (Å²) >= 11 is 0. The molecule has 0 radical (unpaired) electrons. The highest BCUT2D eigenvalue weighted by molar-refractivity contribution is 5.89. The molecule has 0 unspecified atom stereocenters. The van der Waals surface area contributed by atoms with Crippen LogP contribution in [-0.4, -0.2) is 149 Å². The van der Waals surface area contributed by atoms with Gasteiger partial charge in [-0.25, -0.2) is 0 Å². The van der Waals surface area contributed by atoms with Crippen LogP contribution in [0.2, 0.25) is 0 Å². The van der Waals surface area contributed by atoms with Crippen LogP contribution in [0.25, 0.3) is 0 Å². The third-order valence-electron chi connectivity index (χ3n) is 9.28. The van der Waals surface area contributed by atoms with E-state index in [-0.39, 0.29) is 67.2 Å². The highest BCUT2D eigenvalue weighted by Gasteiger charge is 2.44. The molecule has 236 valence electrons. The summed E-state index contributed by atoms with van der Waals surface area (Å²) in [4.78, 5) is 59.0. The van der Waals surface area contributed by atoms with E-state index in [2.05, 4.69) is 10.6 Å². The number of fused-ring (bicyclic) bond motifs is 3. The average molecular weight is 594 g/mol. The largest absolute Gasteiger partial charge is 0.381 e. The van der Waals surface area contributed by atoms with Gasteiger partial charge in [0.15, 0.2) is 0 Å². The first-order valence-corrected chi connectivity index (χ1v) is 15.7. The molecule has 0 aromatic rings. The topological polar surface area (TPSA) is 139 Å². The Morgan fingerprint density at radius 2 is 1.55 bits per heavy atom. The molecular formula is C29H47N5O8. The standard InChI is InChI=1S/C29H47N5O8/c35-25(32-8-13-41-14-9-32)17-21-1-6-33-19-22(21)18-26(36)34-7-2-24(31-23-3-10-39-11-4-23)28(34)29(38)30-5-12-40-15-16-42-20-27(33)37/h21-24,28,31H,1-20H2,(H,30,38)/t21-,22-,24+,28-/m0/s1. The Morgan fingerprint density at radius 3 is 2.36 bits per heavy atom. The van der Waals surface area contributed by atoms with Crippen molar-refractivity contribution in [3.05, 3.63) is 0 Å². The van der Waals surface area contributed by atoms with Crippen molar-refractivity contribution in [1.29, 1.82) is 0 Å². The van der Waals surface area contributed by atoms with Gasteiger partial charge in [0, 0.05) is 77.4 Å². The van der Waals surface area contributed by atoms with Crippen molar-refractivity contribution in [2.75, 3.05) is 92.1 Å². The number of nitrogens with one attached hydrogen (secondary N) is 2. The van der Waals surface area contributed by atoms with Crippen molar-refractivity contribution in [2.24, 2.45) is 11.8 Å². The van der Waals surface area contributed by atoms with Gasteiger partial charge < -0.3 is 44.3 Å². The first kappa shape index (κ1) is 31.1. The van der Waals surface area contributed by atoms with E-state index in [4.69, 9.17) is 18.9 Å². The van der Waals surface area contributed by atoms with E-state index in [1.54, 1.807) is 9.80 Å². The summed E-state index contributed by atoms with van der Waals surface area (Å²) < 4.78 is 22.1. The average Bonchev–Trinajstić information content (AvgIpc) is 3.43. The van der Waals surface area contributed by atoms with Crippen LogP contribution in [0.3, 0.4) is 0 Å². The Kier molecular flexibility index (Phi) is 11.4. The van der Waals surface area contributed by atoms with Gasteiger partial charge in [0.25, 0.3) is 0 Å². The molecule has 13 nitrogen and oxygen atoms in total. The summed E-state index contributed by atoms with van der Waals surface area (Å²) in [6.07, 6.45) is 3.59. The second-order valence-electron chi connectivity index (χ2n) is 12.0. The third kappa shape index (κ3) is 8.19. The van der Waals surface area contributed by atoms with Gasteiger partial charge in [0.05, 0.1) is 33.0 Å². The molecule has 0 spiro atoms. The van der Waals surface area contributed by atoms with Crippen molar-refractivity contribution < 1.29 is 38.1 Å². The summed E-state index contributed by atoms with van der Waals surface area (Å²) in [5.74, 6) is -0.561. The Bertz CT molecular complexity index is 941. The summed E-state index contributed by atoms with van der Waals surface area (Å²) in [6, 6.07) is -0.543. The highest BCUT2D eigenvalue weighted by Crippen LogP contribution is 2.32. The number of morpholine rings is 1. The predicted octanol–water partition coefficient (Wildman–Crippen LogP) is -1.01. The van der Waals surface area contributed by atoms with Gasteiger partial charge in [-0.1, -0.05) is 0 Å². The van der Waals surface area contributed by atoms with Crippen LogP contribution in [-0.2, 0) is 38.1 Å². The lowest BCUT2D eigenvalue weighted by atomic mass is 9.80. The van der Waals surface area contributed by atoms with Gasteiger partial charge in [-0.3, -0.25) is 19.2 Å². The molecule has 4 atom stereocenters. The molecule has 4 amide bonds. The van der Waals surface area contributed by atoms with E-state index >= 15 is 0 Å². The molecule has 5 aliphatic rings. The fourth-order valence-corrected chi connectivity index (χ4v) is 6.87. The van der Waals surface area contributed by atoms with Gasteiger partial charge in [0.1, 0.15) is 12.6 Å². The quantitative estimate of drug-likeness (QED) is 0.420. The van der Waals surface area contributed by atoms with E-state index in [0.29, 0.717) is 98.2 Å². The number of piperidine rings is 1. The van der Waals surface area contributed by atoms with Gasteiger partial charge in [-0.15, -0.1) is 0 Å². The lowest BCUT2D eigenvalue weighted by Gasteiger charge is -2.40. The third-order valence-corrected chi connectivity index (χ3v) is 9.28. The predicted molar refractivity (Wildman–Crippen MR) is 150 cm³/mol. The number of hydrogen-bond donors (Lipinski definition) is 2. The second kappa shape index (κ2) is 15.4. The molecule has 5 fully saturated rings. The normalized spacial score (nSPS) is 31.4. The number of carbonyl (C=O) groups is 4. The van der Waals surface area contributed by atoms with Crippen LogP contribution in [0.1, 0.15) is 38.5 Å². The van der Waals surface area contributed by atoms with E-state index in [1.165, 1.54) is 0 Å². The molecule has 42 heavy (non-hydrogen) atoms. The molecule has 5 heterocycles. The summed E-state index contributed by atoms with van der Waals surface area (Å²) in [5.41, 5.74) is 0. The molecule has 0 aromatic heterocycles. The molecule has 13 heteroatoms. The molecule has 5 aliphatic heterocycles. The van der Waals surface area contributed by atoms with Crippen molar-refractivity contribution >= 4 is 23.6 Å². The van der Waals surface area contributed by atoms with Crippen LogP contribution in [0.4, 0.5) is 0 Å². The fraction of sp³-hybridized carbons (Fsp3) is 0.862. The molecule has 2 N–H and O–H groups in total. The minimum atomic E-state index is -0.630. The maximum Gasteiger partial charge on any atom is 0.248 e. The smallest absolute Gasteiger partial charge is 0.248 e. The number of amides is 4. The fourth-order valence-electron chi connectivity index (χ4n) is 6.87. The molecular weight excluding hydrogens is 546 g/mol. The monoisotopic (exact) mass is 593 g/mol. The van der Waals surface area contributed by atoms with Gasteiger partial charge >= 0.3 is 0 Å². The number of hydrogen-bond acceptors (Lipinski definition) is 9. The zero-order valence-electron chi connectivity index (χ0n) is 24.6. The Morgan fingerprint density at radius 1 is 0.810 bits per heavy atom. The first-order chi connectivity index (χ1) is 20.5. The molecule has 5 rings (SSSR count). The van der Waals surface area contributed by atoms with Crippen molar-refractivity contribution in [1.82, 2.24) is 25.3 Å². The lowest BCUT2D eigenvalue weighted by Crippen LogP contribution is -2.56. The summed E-state index contributed by atoms with van der Waals surface area (Å²) in [7, 11) is 0. The van der Waals surface area contributed by atoms with Crippen LogP contribution in [0, 0.1) is 11.8 Å². The van der Waals surface area contributed by atoms with E-state index in [1.807, 2.05) is 4.90 Å². The number of rotatable bonds is 4. The Labute approximate surface area is 247 Å². The minimum Gasteiger partial charge on any atom is -0.381 e. The van der Waals surface area contributed by atoms with Crippen LogP contribution in [0.15, 0.2) is 0 Å². The van der Waals surface area contributed by atoms with Crippen LogP contribution >= 0.6 is 0 Å². The van der Waals surface area contributed by atoms with Gasteiger partial charge in [-0.2, -0.15) is 0 Å². The number of ether oxygens (including phenoxy) is 4. The Hall–Kier alpha value is -2.32. The van der Waals surface area contributed by atoms with Crippen molar-refractivity contribution in [3.63, 3.8) is 0 Å². The molecule has 0 aliphatic carbocycles. The summed E-state index contributed by atoms with van der Waals surface area (Å²) in [5, 5.41) is 6.63. The second-order valence-corrected chi connectivity index (χ2v) is 12.0. The zero-order valence-corrected chi connectivity index (χ0v) is 24.6. The molecule has 0 aromatic carbocycles.